The zero-order chi connectivity index (χ0) is 21.0. The molecule has 0 spiro atoms. The number of carbonyl (C=O) groups is 2. The molecule has 1 aliphatic carbocycles. The minimum absolute atomic E-state index is 0.0260. The topological polar surface area (TPSA) is 66.8 Å². The lowest BCUT2D eigenvalue weighted by molar-refractivity contribution is -0.137. The molecule has 1 aliphatic rings. The summed E-state index contributed by atoms with van der Waals surface area (Å²) in [5, 5.41) is 8.81. The number of carboxylic acid groups (broad SMARTS) is 1. The van der Waals surface area contributed by atoms with E-state index in [2.05, 4.69) is 0 Å². The van der Waals surface area contributed by atoms with Crippen molar-refractivity contribution >= 4 is 12.1 Å². The van der Waals surface area contributed by atoms with Crippen molar-refractivity contribution in [1.82, 2.24) is 4.90 Å². The summed E-state index contributed by atoms with van der Waals surface area (Å²) in [4.78, 5) is 24.3. The molecule has 29 heavy (non-hydrogen) atoms. The van der Waals surface area contributed by atoms with Gasteiger partial charge in [0.25, 0.3) is 6.43 Å². The third-order valence-corrected chi connectivity index (χ3v) is 5.21. The zero-order valence-corrected chi connectivity index (χ0v) is 16.1. The van der Waals surface area contributed by atoms with Gasteiger partial charge in [0.05, 0.1) is 6.54 Å². The van der Waals surface area contributed by atoms with Crippen LogP contribution in [0.3, 0.4) is 0 Å². The van der Waals surface area contributed by atoms with Crippen LogP contribution in [-0.4, -0.2) is 47.7 Å². The molecule has 2 aromatic carbocycles. The molecule has 1 unspecified atom stereocenters. The maximum absolute atomic E-state index is 13.0. The molecular formula is C22H23F2NO4. The number of ether oxygens (including phenoxy) is 1. The number of fused-ring (bicyclic) bond motifs is 3. The Hall–Kier alpha value is -2.96. The van der Waals surface area contributed by atoms with Crippen LogP contribution in [0.15, 0.2) is 48.5 Å². The predicted octanol–water partition coefficient (Wildman–Crippen LogP) is 4.76. The Morgan fingerprint density at radius 2 is 1.62 bits per heavy atom. The monoisotopic (exact) mass is 403 g/mol. The molecule has 0 aliphatic heterocycles. The number of amides is 1. The lowest BCUT2D eigenvalue weighted by Crippen LogP contribution is -2.42. The molecule has 0 heterocycles. The van der Waals surface area contributed by atoms with Crippen LogP contribution in [0, 0.1) is 0 Å². The highest BCUT2D eigenvalue weighted by molar-refractivity contribution is 5.79. The first-order valence-corrected chi connectivity index (χ1v) is 9.50. The van der Waals surface area contributed by atoms with Gasteiger partial charge in [0.1, 0.15) is 6.61 Å². The van der Waals surface area contributed by atoms with Gasteiger partial charge in [-0.15, -0.1) is 0 Å². The number of aliphatic carboxylic acids is 1. The van der Waals surface area contributed by atoms with Crippen molar-refractivity contribution in [1.29, 1.82) is 0 Å². The number of carboxylic acids is 1. The third kappa shape index (κ3) is 4.72. The Labute approximate surface area is 167 Å². The van der Waals surface area contributed by atoms with Crippen LogP contribution in [0.4, 0.5) is 13.6 Å². The van der Waals surface area contributed by atoms with Crippen molar-refractivity contribution in [3.05, 3.63) is 59.7 Å². The number of benzene rings is 2. The van der Waals surface area contributed by atoms with E-state index in [0.29, 0.717) is 0 Å². The van der Waals surface area contributed by atoms with Crippen molar-refractivity contribution < 1.29 is 28.2 Å². The van der Waals surface area contributed by atoms with E-state index in [-0.39, 0.29) is 25.4 Å². The van der Waals surface area contributed by atoms with Gasteiger partial charge in [-0.3, -0.25) is 9.69 Å². The Bertz CT molecular complexity index is 841. The van der Waals surface area contributed by atoms with Gasteiger partial charge < -0.3 is 9.84 Å². The number of nitrogens with zero attached hydrogens (tertiary/aromatic N) is 1. The van der Waals surface area contributed by atoms with Crippen LogP contribution in [0.1, 0.15) is 36.8 Å². The van der Waals surface area contributed by atoms with E-state index in [1.165, 1.54) is 0 Å². The van der Waals surface area contributed by atoms with Gasteiger partial charge in [0.15, 0.2) is 0 Å². The summed E-state index contributed by atoms with van der Waals surface area (Å²) in [5.74, 6) is -1.21. The largest absolute Gasteiger partial charge is 0.481 e. The maximum atomic E-state index is 13.0. The van der Waals surface area contributed by atoms with Gasteiger partial charge in [0.2, 0.25) is 0 Å². The van der Waals surface area contributed by atoms with Crippen LogP contribution in [-0.2, 0) is 9.53 Å². The Balaban J connectivity index is 1.73. The quantitative estimate of drug-likeness (QED) is 0.690. The molecule has 3 rings (SSSR count). The summed E-state index contributed by atoms with van der Waals surface area (Å²) in [6.45, 7) is 0.780. The standard InChI is InChI=1S/C22H23F2NO4/c1-14(10-11-21(26)27)25(12-20(23)24)22(28)29-13-19-17-8-4-2-6-15(17)16-7-3-5-9-18(16)19/h2-9,14,19-20H,10-13H2,1H3,(H,26,27). The minimum atomic E-state index is -2.73. The fraction of sp³-hybridized carbons (Fsp3) is 0.364. The van der Waals surface area contributed by atoms with Gasteiger partial charge in [-0.2, -0.15) is 0 Å². The Morgan fingerprint density at radius 3 is 2.14 bits per heavy atom. The van der Waals surface area contributed by atoms with Gasteiger partial charge in [-0.05, 0) is 35.6 Å². The Kier molecular flexibility index (Phi) is 6.46. The molecule has 2 aromatic rings. The molecule has 154 valence electrons. The zero-order valence-electron chi connectivity index (χ0n) is 16.1. The van der Waals surface area contributed by atoms with Crippen molar-refractivity contribution in [3.63, 3.8) is 0 Å². The molecule has 0 radical (unpaired) electrons. The molecule has 1 amide bonds. The summed E-state index contributed by atoms with van der Waals surface area (Å²) >= 11 is 0. The van der Waals surface area contributed by atoms with Crippen LogP contribution >= 0.6 is 0 Å². The van der Waals surface area contributed by atoms with Crippen molar-refractivity contribution in [2.75, 3.05) is 13.2 Å². The summed E-state index contributed by atoms with van der Waals surface area (Å²) < 4.78 is 31.4. The molecule has 0 saturated carbocycles. The van der Waals surface area contributed by atoms with E-state index in [4.69, 9.17) is 9.84 Å². The highest BCUT2D eigenvalue weighted by atomic mass is 19.3. The number of hydrogen-bond acceptors (Lipinski definition) is 3. The van der Waals surface area contributed by atoms with E-state index in [1.807, 2.05) is 48.5 Å². The number of alkyl halides is 2. The number of hydrogen-bond donors (Lipinski definition) is 1. The highest BCUT2D eigenvalue weighted by Crippen LogP contribution is 2.44. The van der Waals surface area contributed by atoms with Gasteiger partial charge in [-0.25, -0.2) is 13.6 Å². The molecule has 5 nitrogen and oxygen atoms in total. The first kappa shape index (κ1) is 20.8. The lowest BCUT2D eigenvalue weighted by Gasteiger charge is -2.28. The molecule has 0 bridgehead atoms. The molecule has 7 heteroatoms. The number of carbonyl (C=O) groups excluding carboxylic acids is 1. The van der Waals surface area contributed by atoms with Crippen molar-refractivity contribution in [2.24, 2.45) is 0 Å². The number of halogens is 2. The second kappa shape index (κ2) is 9.03. The first-order valence-electron chi connectivity index (χ1n) is 9.50. The molecule has 0 aromatic heterocycles. The Morgan fingerprint density at radius 1 is 1.07 bits per heavy atom. The molecular weight excluding hydrogens is 380 g/mol. The summed E-state index contributed by atoms with van der Waals surface area (Å²) in [6.07, 6.45) is -3.73. The second-order valence-corrected chi connectivity index (χ2v) is 7.13. The van der Waals surface area contributed by atoms with Crippen LogP contribution in [0.5, 0.6) is 0 Å². The van der Waals surface area contributed by atoms with E-state index in [0.717, 1.165) is 27.2 Å². The molecule has 0 fully saturated rings. The normalized spacial score (nSPS) is 13.7. The third-order valence-electron chi connectivity index (χ3n) is 5.21. The smallest absolute Gasteiger partial charge is 0.410 e. The molecule has 1 N–H and O–H groups in total. The van der Waals surface area contributed by atoms with E-state index >= 15 is 0 Å². The number of rotatable bonds is 8. The van der Waals surface area contributed by atoms with Crippen LogP contribution in [0.25, 0.3) is 11.1 Å². The SMILES string of the molecule is CC(CCC(=O)O)N(CC(F)F)C(=O)OCC1c2ccccc2-c2ccccc21. The summed E-state index contributed by atoms with van der Waals surface area (Å²) in [5.41, 5.74) is 4.20. The van der Waals surface area contributed by atoms with Gasteiger partial charge in [0, 0.05) is 18.4 Å². The second-order valence-electron chi connectivity index (χ2n) is 7.13. The first-order chi connectivity index (χ1) is 13.9. The van der Waals surface area contributed by atoms with Crippen molar-refractivity contribution in [3.8, 4) is 11.1 Å². The van der Waals surface area contributed by atoms with Gasteiger partial charge in [-0.1, -0.05) is 48.5 Å². The molecule has 0 saturated heterocycles. The average molecular weight is 403 g/mol. The fourth-order valence-electron chi connectivity index (χ4n) is 3.75. The minimum Gasteiger partial charge on any atom is -0.481 e. The average Bonchev–Trinajstić information content (AvgIpc) is 3.02. The van der Waals surface area contributed by atoms with Crippen LogP contribution in [0.2, 0.25) is 0 Å². The molecule has 1 atom stereocenters. The summed E-state index contributed by atoms with van der Waals surface area (Å²) in [6, 6.07) is 15.0. The highest BCUT2D eigenvalue weighted by Gasteiger charge is 2.31. The lowest BCUT2D eigenvalue weighted by atomic mass is 9.98. The van der Waals surface area contributed by atoms with E-state index < -0.39 is 31.1 Å². The fourth-order valence-corrected chi connectivity index (χ4v) is 3.75. The summed E-state index contributed by atoms with van der Waals surface area (Å²) in [7, 11) is 0. The van der Waals surface area contributed by atoms with Crippen molar-refractivity contribution in [2.45, 2.75) is 38.2 Å². The van der Waals surface area contributed by atoms with Gasteiger partial charge >= 0.3 is 12.1 Å². The van der Waals surface area contributed by atoms with E-state index in [9.17, 15) is 18.4 Å². The predicted molar refractivity (Wildman–Crippen MR) is 104 cm³/mol. The maximum Gasteiger partial charge on any atom is 0.410 e. The van der Waals surface area contributed by atoms with Crippen LogP contribution < -0.4 is 0 Å². The van der Waals surface area contributed by atoms with E-state index in [1.54, 1.807) is 6.92 Å².